The molecule has 0 aromatic carbocycles. The minimum atomic E-state index is -2.66. The summed E-state index contributed by atoms with van der Waals surface area (Å²) in [6, 6.07) is 0. The van der Waals surface area contributed by atoms with Gasteiger partial charge in [-0.3, -0.25) is 4.57 Å². The molecule has 0 fully saturated rings. The van der Waals surface area contributed by atoms with Gasteiger partial charge < -0.3 is 0 Å². The van der Waals surface area contributed by atoms with Crippen molar-refractivity contribution in [2.24, 2.45) is 0 Å². The first kappa shape index (κ1) is 17.0. The third-order valence-corrected chi connectivity index (χ3v) is 2.55. The van der Waals surface area contributed by atoms with Crippen molar-refractivity contribution >= 4 is 8.25 Å². The molecule has 5 nitrogen and oxygen atoms in total. The zero-order valence-electron chi connectivity index (χ0n) is 10.6. The Morgan fingerprint density at radius 1 is 0.778 bits per heavy atom. The molecule has 6 heteroatoms. The molecule has 0 aromatic heterocycles. The maximum atomic E-state index is 11.7. The summed E-state index contributed by atoms with van der Waals surface area (Å²) in [6.07, 6.45) is 6.57. The zero-order valence-corrected chi connectivity index (χ0v) is 11.6. The van der Waals surface area contributed by atoms with E-state index in [0.29, 0.717) is 26.2 Å². The summed E-state index contributed by atoms with van der Waals surface area (Å²) >= 11 is 0. The third-order valence-electron chi connectivity index (χ3n) is 1.74. The number of hydrogen-bond donors (Lipinski definition) is 0. The second-order valence-electron chi connectivity index (χ2n) is 3.28. The Balaban J connectivity index is 4.25. The summed E-state index contributed by atoms with van der Waals surface area (Å²) in [5, 5.41) is 2.92. The van der Waals surface area contributed by atoms with Crippen LogP contribution in [0, 0.1) is 0 Å². The van der Waals surface area contributed by atoms with E-state index in [4.69, 9.17) is 9.25 Å². The van der Waals surface area contributed by atoms with Crippen LogP contribution >= 0.6 is 8.25 Å². The van der Waals surface area contributed by atoms with Gasteiger partial charge >= 0.3 is 8.25 Å². The van der Waals surface area contributed by atoms with Gasteiger partial charge in [-0.25, -0.2) is 9.25 Å². The maximum Gasteiger partial charge on any atom is 0.352 e. The van der Waals surface area contributed by atoms with E-state index >= 15 is 0 Å². The van der Waals surface area contributed by atoms with Gasteiger partial charge in [0.15, 0.2) is 0 Å². The Morgan fingerprint density at radius 3 is 1.28 bits per heavy atom. The second kappa shape index (κ2) is 11.1. The van der Waals surface area contributed by atoms with E-state index in [0.717, 1.165) is 0 Å². The Morgan fingerprint density at radius 2 is 1.06 bits per heavy atom. The average molecular weight is 272 g/mol. The topological polar surface area (TPSA) is 42.0 Å². The molecular weight excluding hydrogens is 251 g/mol. The third kappa shape index (κ3) is 8.17. The summed E-state index contributed by atoms with van der Waals surface area (Å²) in [4.78, 5) is 0. The number of hydroxylamine groups is 4. The Kier molecular flexibility index (Phi) is 10.5. The molecule has 0 aliphatic carbocycles. The van der Waals surface area contributed by atoms with E-state index in [1.165, 1.54) is 10.1 Å². The molecule has 0 rings (SSSR count). The van der Waals surface area contributed by atoms with Crippen LogP contribution in [0.5, 0.6) is 0 Å². The molecule has 0 aliphatic heterocycles. The normalized spacial score (nSPS) is 10.8. The van der Waals surface area contributed by atoms with Crippen LogP contribution in [0.25, 0.3) is 0 Å². The maximum absolute atomic E-state index is 11.7. The van der Waals surface area contributed by atoms with Gasteiger partial charge in [-0.2, -0.15) is 10.1 Å². The second-order valence-corrected chi connectivity index (χ2v) is 4.15. The molecule has 0 saturated heterocycles. The molecule has 0 radical (unpaired) electrons. The minimum Gasteiger partial charge on any atom is -0.260 e. The highest BCUT2D eigenvalue weighted by molar-refractivity contribution is 7.33. The van der Waals surface area contributed by atoms with Gasteiger partial charge in [-0.05, 0) is 0 Å². The highest BCUT2D eigenvalue weighted by Crippen LogP contribution is 2.27. The molecular formula is C12H21N2O3P. The van der Waals surface area contributed by atoms with Crippen molar-refractivity contribution in [2.75, 3.05) is 26.2 Å². The van der Waals surface area contributed by atoms with Crippen molar-refractivity contribution in [1.82, 2.24) is 10.1 Å². The highest BCUT2D eigenvalue weighted by atomic mass is 31.1. The summed E-state index contributed by atoms with van der Waals surface area (Å²) in [5.41, 5.74) is 0. The van der Waals surface area contributed by atoms with Crippen LogP contribution in [-0.2, 0) is 13.8 Å². The zero-order chi connectivity index (χ0) is 13.8. The summed E-state index contributed by atoms with van der Waals surface area (Å²) in [7, 11) is -2.66. The fraction of sp³-hybridized carbons (Fsp3) is 0.333. The molecule has 0 unspecified atom stereocenters. The quantitative estimate of drug-likeness (QED) is 0.310. The molecule has 0 amide bonds. The molecule has 0 heterocycles. The van der Waals surface area contributed by atoms with E-state index in [9.17, 15) is 4.57 Å². The molecule has 0 saturated carbocycles. The first-order valence-corrected chi connectivity index (χ1v) is 6.73. The van der Waals surface area contributed by atoms with Crippen LogP contribution in [0.1, 0.15) is 0 Å². The van der Waals surface area contributed by atoms with Gasteiger partial charge in [0.1, 0.15) is 0 Å². The predicted octanol–water partition coefficient (Wildman–Crippen LogP) is 2.59. The summed E-state index contributed by atoms with van der Waals surface area (Å²) in [6.45, 7) is 16.1. The summed E-state index contributed by atoms with van der Waals surface area (Å²) in [5.74, 6) is 0. The molecule has 0 bridgehead atoms. The van der Waals surface area contributed by atoms with Crippen LogP contribution in [0.15, 0.2) is 50.6 Å². The highest BCUT2D eigenvalue weighted by Gasteiger charge is 2.11. The Labute approximate surface area is 110 Å². The lowest BCUT2D eigenvalue weighted by Crippen LogP contribution is -2.25. The van der Waals surface area contributed by atoms with Crippen molar-refractivity contribution in [3.05, 3.63) is 50.6 Å². The van der Waals surface area contributed by atoms with Crippen molar-refractivity contribution in [2.45, 2.75) is 0 Å². The Bertz CT molecular complexity index is 260. The fourth-order valence-corrected chi connectivity index (χ4v) is 1.85. The Hall–Kier alpha value is -0.970. The predicted molar refractivity (Wildman–Crippen MR) is 75.1 cm³/mol. The van der Waals surface area contributed by atoms with Crippen molar-refractivity contribution in [3.8, 4) is 0 Å². The van der Waals surface area contributed by atoms with Gasteiger partial charge in [0.25, 0.3) is 0 Å². The van der Waals surface area contributed by atoms with E-state index in [2.05, 4.69) is 26.3 Å². The molecule has 0 aliphatic rings. The molecule has 0 spiro atoms. The first-order chi connectivity index (χ1) is 8.67. The minimum absolute atomic E-state index is 0.439. The van der Waals surface area contributed by atoms with Gasteiger partial charge in [0, 0.05) is 26.2 Å². The lowest BCUT2D eigenvalue weighted by Gasteiger charge is -2.21. The lowest BCUT2D eigenvalue weighted by atomic mass is 10.5. The molecule has 102 valence electrons. The van der Waals surface area contributed by atoms with Crippen molar-refractivity contribution in [1.29, 1.82) is 0 Å². The fourth-order valence-electron chi connectivity index (χ4n) is 1.10. The molecule has 18 heavy (non-hydrogen) atoms. The average Bonchev–Trinajstić information content (AvgIpc) is 2.30. The van der Waals surface area contributed by atoms with E-state index in [1.807, 2.05) is 0 Å². The van der Waals surface area contributed by atoms with Gasteiger partial charge in [-0.1, -0.05) is 24.3 Å². The smallest absolute Gasteiger partial charge is 0.260 e. The van der Waals surface area contributed by atoms with Crippen molar-refractivity contribution < 1.29 is 13.8 Å². The van der Waals surface area contributed by atoms with Crippen LogP contribution in [0.4, 0.5) is 0 Å². The van der Waals surface area contributed by atoms with Crippen LogP contribution in [0.3, 0.4) is 0 Å². The van der Waals surface area contributed by atoms with E-state index < -0.39 is 8.25 Å². The number of hydrogen-bond acceptors (Lipinski definition) is 5. The van der Waals surface area contributed by atoms with Crippen LogP contribution < -0.4 is 0 Å². The number of rotatable bonds is 12. The van der Waals surface area contributed by atoms with Gasteiger partial charge in [-0.15, -0.1) is 26.3 Å². The van der Waals surface area contributed by atoms with Crippen LogP contribution in [-0.4, -0.2) is 36.3 Å². The summed E-state index contributed by atoms with van der Waals surface area (Å²) < 4.78 is 22.0. The van der Waals surface area contributed by atoms with Crippen molar-refractivity contribution in [3.63, 3.8) is 0 Å². The standard InChI is InChI=1S/C12H21N2O3P/c1-5-9-13(10-6-2)16-18(15)17-14(11-7-3)12-8-4/h5-8,18H,1-4,9-12H2. The van der Waals surface area contributed by atoms with Gasteiger partial charge in [0.05, 0.1) is 0 Å². The van der Waals surface area contributed by atoms with Crippen LogP contribution in [0.2, 0.25) is 0 Å². The first-order valence-electron chi connectivity index (χ1n) is 5.51. The van der Waals surface area contributed by atoms with Gasteiger partial charge in [0.2, 0.25) is 0 Å². The van der Waals surface area contributed by atoms with E-state index in [-0.39, 0.29) is 0 Å². The monoisotopic (exact) mass is 272 g/mol. The molecule has 0 N–H and O–H groups in total. The number of nitrogens with zero attached hydrogens (tertiary/aromatic N) is 2. The SMILES string of the molecule is C=CCN(CC=C)O[PH](=O)ON(CC=C)CC=C. The molecule has 0 atom stereocenters. The lowest BCUT2D eigenvalue weighted by molar-refractivity contribution is -0.0944. The molecule has 0 aromatic rings. The van der Waals surface area contributed by atoms with E-state index in [1.54, 1.807) is 24.3 Å². The largest absolute Gasteiger partial charge is 0.352 e.